The van der Waals surface area contributed by atoms with E-state index in [1.54, 1.807) is 0 Å². The summed E-state index contributed by atoms with van der Waals surface area (Å²) < 4.78 is 4.72. The standard InChI is InChI=1S/C65H41BN4/c1-4-20-42(21-5-1)57-41-58(68-64(67-57)70-60-35-19-13-29-50(60)62-61(70)39-37-49-48-28-12-18-34-59(48)69(63(49)62)45-24-8-3-9-25-45)43-36-38-54-56(40-43)66(44-22-6-2-7-23-44)55-33-17-16-32-53(55)65(54)51-30-14-10-26-46(51)47-27-11-15-31-52(47)65/h1-41H. The molecule has 0 bridgehead atoms. The topological polar surface area (TPSA) is 35.6 Å². The van der Waals surface area contributed by atoms with E-state index in [0.717, 1.165) is 44.6 Å². The van der Waals surface area contributed by atoms with Gasteiger partial charge in [0.05, 0.1) is 38.9 Å². The Bertz CT molecular complexity index is 4200. The molecule has 0 atom stereocenters. The molecule has 15 rings (SSSR count). The van der Waals surface area contributed by atoms with Crippen LogP contribution >= 0.6 is 0 Å². The van der Waals surface area contributed by atoms with Gasteiger partial charge < -0.3 is 4.57 Å². The van der Waals surface area contributed by atoms with Gasteiger partial charge in [-0.25, -0.2) is 9.97 Å². The number of fused-ring (bicyclic) bond motifs is 16. The third kappa shape index (κ3) is 5.37. The summed E-state index contributed by atoms with van der Waals surface area (Å²) in [5, 5.41) is 4.76. The lowest BCUT2D eigenvalue weighted by Gasteiger charge is -2.43. The minimum absolute atomic E-state index is 0.0103. The highest BCUT2D eigenvalue weighted by Crippen LogP contribution is 2.56. The molecule has 4 heterocycles. The van der Waals surface area contributed by atoms with Crippen LogP contribution in [0.25, 0.3) is 88.9 Å². The van der Waals surface area contributed by atoms with E-state index in [2.05, 4.69) is 258 Å². The molecule has 1 aliphatic heterocycles. The lowest BCUT2D eigenvalue weighted by Crippen LogP contribution is -2.61. The highest BCUT2D eigenvalue weighted by atomic mass is 15.2. The largest absolute Gasteiger partial charge is 0.309 e. The Balaban J connectivity index is 1.02. The Kier molecular flexibility index (Phi) is 8.34. The zero-order valence-electron chi connectivity index (χ0n) is 38.0. The summed E-state index contributed by atoms with van der Waals surface area (Å²) in [7, 11) is 0. The van der Waals surface area contributed by atoms with Crippen molar-refractivity contribution >= 4 is 66.7 Å². The van der Waals surface area contributed by atoms with Crippen LogP contribution in [0.3, 0.4) is 0 Å². The van der Waals surface area contributed by atoms with Gasteiger partial charge in [0, 0.05) is 32.8 Å². The van der Waals surface area contributed by atoms with E-state index in [4.69, 9.17) is 9.97 Å². The fraction of sp³-hybridized carbons (Fsp3) is 0.0154. The molecular formula is C65H41BN4. The van der Waals surface area contributed by atoms with E-state index in [9.17, 15) is 0 Å². The molecule has 13 aromatic rings. The molecule has 324 valence electrons. The predicted molar refractivity (Wildman–Crippen MR) is 290 cm³/mol. The van der Waals surface area contributed by atoms with Gasteiger partial charge >= 0.3 is 0 Å². The second-order valence-electron chi connectivity index (χ2n) is 18.8. The normalized spacial score (nSPS) is 13.2. The van der Waals surface area contributed by atoms with E-state index in [-0.39, 0.29) is 6.71 Å². The molecule has 1 aliphatic carbocycles. The number of hydrogen-bond acceptors (Lipinski definition) is 2. The van der Waals surface area contributed by atoms with E-state index >= 15 is 0 Å². The van der Waals surface area contributed by atoms with Gasteiger partial charge in [0.25, 0.3) is 0 Å². The Morgan fingerprint density at radius 2 is 0.914 bits per heavy atom. The van der Waals surface area contributed by atoms with Crippen LogP contribution in [0.2, 0.25) is 0 Å². The molecule has 0 unspecified atom stereocenters. The van der Waals surface area contributed by atoms with Gasteiger partial charge in [-0.1, -0.05) is 229 Å². The van der Waals surface area contributed by atoms with Crippen LogP contribution in [0.1, 0.15) is 22.3 Å². The summed E-state index contributed by atoms with van der Waals surface area (Å²) in [6.07, 6.45) is 0. The number of aromatic nitrogens is 4. The van der Waals surface area contributed by atoms with Gasteiger partial charge in [0.15, 0.2) is 0 Å². The number of nitrogens with zero attached hydrogens (tertiary/aromatic N) is 4. The van der Waals surface area contributed by atoms with Crippen LogP contribution in [0.5, 0.6) is 0 Å². The van der Waals surface area contributed by atoms with Crippen LogP contribution in [-0.2, 0) is 5.41 Å². The van der Waals surface area contributed by atoms with Gasteiger partial charge in [-0.15, -0.1) is 0 Å². The molecule has 0 saturated heterocycles. The quantitative estimate of drug-likeness (QED) is 0.161. The molecule has 70 heavy (non-hydrogen) atoms. The highest BCUT2D eigenvalue weighted by Gasteiger charge is 2.52. The van der Waals surface area contributed by atoms with Crippen LogP contribution in [0.4, 0.5) is 0 Å². The summed E-state index contributed by atoms with van der Waals surface area (Å²) >= 11 is 0. The molecule has 3 aromatic heterocycles. The third-order valence-corrected chi connectivity index (χ3v) is 15.3. The minimum atomic E-state index is -0.508. The monoisotopic (exact) mass is 888 g/mol. The highest BCUT2D eigenvalue weighted by molar-refractivity contribution is 6.96. The number of para-hydroxylation sites is 3. The van der Waals surface area contributed by atoms with Crippen LogP contribution in [-0.4, -0.2) is 25.8 Å². The van der Waals surface area contributed by atoms with E-state index in [0.29, 0.717) is 5.95 Å². The van der Waals surface area contributed by atoms with Gasteiger partial charge in [-0.3, -0.25) is 4.57 Å². The molecule has 1 spiro atoms. The second-order valence-corrected chi connectivity index (χ2v) is 18.8. The summed E-state index contributed by atoms with van der Waals surface area (Å²) in [6, 6.07) is 91.0. The maximum absolute atomic E-state index is 5.67. The van der Waals surface area contributed by atoms with E-state index in [1.807, 2.05) is 0 Å². The van der Waals surface area contributed by atoms with Gasteiger partial charge in [0.1, 0.15) is 0 Å². The fourth-order valence-corrected chi connectivity index (χ4v) is 12.5. The van der Waals surface area contributed by atoms with Crippen molar-refractivity contribution in [2.75, 3.05) is 0 Å². The van der Waals surface area contributed by atoms with Crippen molar-refractivity contribution < 1.29 is 0 Å². The van der Waals surface area contributed by atoms with Gasteiger partial charge in [-0.05, 0) is 75.3 Å². The average molecular weight is 889 g/mol. The second kappa shape index (κ2) is 15.0. The number of benzene rings is 10. The summed E-state index contributed by atoms with van der Waals surface area (Å²) in [5.74, 6) is 0.627. The molecule has 0 N–H and O–H groups in total. The van der Waals surface area contributed by atoms with E-state index < -0.39 is 5.41 Å². The average Bonchev–Trinajstić information content (AvgIpc) is 4.06. The number of hydrogen-bond donors (Lipinski definition) is 0. The zero-order valence-corrected chi connectivity index (χ0v) is 38.0. The Hall–Kier alpha value is -9.06. The first kappa shape index (κ1) is 39.0. The first-order valence-electron chi connectivity index (χ1n) is 24.2. The van der Waals surface area contributed by atoms with Crippen molar-refractivity contribution in [1.29, 1.82) is 0 Å². The van der Waals surface area contributed by atoms with Crippen LogP contribution in [0, 0.1) is 0 Å². The number of rotatable bonds is 5. The summed E-state index contributed by atoms with van der Waals surface area (Å²) in [6.45, 7) is -0.0103. The lowest BCUT2D eigenvalue weighted by atomic mass is 9.30. The Morgan fingerprint density at radius 3 is 1.64 bits per heavy atom. The van der Waals surface area contributed by atoms with Crippen molar-refractivity contribution in [3.8, 4) is 45.3 Å². The summed E-state index contributed by atoms with van der Waals surface area (Å²) in [4.78, 5) is 11.2. The molecular weight excluding hydrogens is 848 g/mol. The molecule has 0 fully saturated rings. The smallest absolute Gasteiger partial charge is 0.242 e. The summed E-state index contributed by atoms with van der Waals surface area (Å²) in [5.41, 5.74) is 20.6. The third-order valence-electron chi connectivity index (χ3n) is 15.3. The van der Waals surface area contributed by atoms with Crippen molar-refractivity contribution in [1.82, 2.24) is 19.1 Å². The minimum Gasteiger partial charge on any atom is -0.309 e. The molecule has 2 aliphatic rings. The van der Waals surface area contributed by atoms with Gasteiger partial charge in [-0.2, -0.15) is 0 Å². The lowest BCUT2D eigenvalue weighted by molar-refractivity contribution is 0.775. The first-order chi connectivity index (χ1) is 34.8. The molecule has 0 radical (unpaired) electrons. The zero-order chi connectivity index (χ0) is 45.9. The predicted octanol–water partition coefficient (Wildman–Crippen LogP) is 13.2. The van der Waals surface area contributed by atoms with E-state index in [1.165, 1.54) is 77.0 Å². The maximum atomic E-state index is 5.67. The van der Waals surface area contributed by atoms with Crippen LogP contribution < -0.4 is 16.4 Å². The Morgan fingerprint density at radius 1 is 0.357 bits per heavy atom. The SMILES string of the molecule is c1ccc(B2c3ccccc3C3(c4ccc(-c5cc(-c6ccccc6)nc(-n6c7ccccc7c7c6ccc6c8ccccc8n(-c8ccccc8)c67)n5)cc42)c2ccccc2-c2ccccc23)cc1. The maximum Gasteiger partial charge on any atom is 0.242 e. The van der Waals surface area contributed by atoms with Crippen LogP contribution in [0.15, 0.2) is 249 Å². The first-order valence-corrected chi connectivity index (χ1v) is 24.2. The fourth-order valence-electron chi connectivity index (χ4n) is 12.5. The Labute approximate surface area is 405 Å². The molecule has 10 aromatic carbocycles. The molecule has 0 saturated carbocycles. The van der Waals surface area contributed by atoms with Crippen molar-refractivity contribution in [2.45, 2.75) is 5.41 Å². The molecule has 5 heteroatoms. The van der Waals surface area contributed by atoms with Crippen molar-refractivity contribution in [3.63, 3.8) is 0 Å². The molecule has 0 amide bonds. The molecule has 4 nitrogen and oxygen atoms in total. The van der Waals surface area contributed by atoms with Crippen molar-refractivity contribution in [2.24, 2.45) is 0 Å². The van der Waals surface area contributed by atoms with Crippen molar-refractivity contribution in [3.05, 3.63) is 271 Å². The van der Waals surface area contributed by atoms with Gasteiger partial charge in [0.2, 0.25) is 12.7 Å².